The molecule has 0 unspecified atom stereocenters. The van der Waals surface area contributed by atoms with Gasteiger partial charge in [0.15, 0.2) is 17.9 Å². The molecule has 4 aromatic rings. The highest BCUT2D eigenvalue weighted by Gasteiger charge is 2.36. The van der Waals surface area contributed by atoms with Crippen LogP contribution in [0.2, 0.25) is 0 Å². The molecule has 2 aliphatic heterocycles. The van der Waals surface area contributed by atoms with E-state index in [1.807, 2.05) is 27.7 Å². The van der Waals surface area contributed by atoms with Gasteiger partial charge in [-0.15, -0.1) is 0 Å². The van der Waals surface area contributed by atoms with Crippen LogP contribution in [0.1, 0.15) is 18.0 Å². The fourth-order valence-electron chi connectivity index (χ4n) is 5.55. The molecule has 4 heterocycles. The quantitative estimate of drug-likeness (QED) is 0.390. The first-order valence-electron chi connectivity index (χ1n) is 12.3. The van der Waals surface area contributed by atoms with Crippen molar-refractivity contribution >= 4 is 16.9 Å². The third kappa shape index (κ3) is 4.28. The largest absolute Gasteiger partial charge is 0.493 e. The van der Waals surface area contributed by atoms with E-state index in [0.29, 0.717) is 47.8 Å². The molecular formula is C29H26N2O6. The normalized spacial score (nSPS) is 18.4. The number of aromatic nitrogens is 1. The Labute approximate surface area is 212 Å². The van der Waals surface area contributed by atoms with Gasteiger partial charge in [0.2, 0.25) is 0 Å². The number of para-hydroxylation sites is 1. The van der Waals surface area contributed by atoms with Crippen LogP contribution in [0.4, 0.5) is 0 Å². The van der Waals surface area contributed by atoms with E-state index in [2.05, 4.69) is 0 Å². The lowest BCUT2D eigenvalue weighted by molar-refractivity contribution is -0.136. The van der Waals surface area contributed by atoms with Crippen molar-refractivity contribution in [3.8, 4) is 22.6 Å². The molecule has 1 saturated heterocycles. The Balaban J connectivity index is 1.13. The molecule has 0 aliphatic carbocycles. The van der Waals surface area contributed by atoms with Crippen molar-refractivity contribution in [1.29, 1.82) is 0 Å². The van der Waals surface area contributed by atoms with E-state index in [9.17, 15) is 14.4 Å². The Morgan fingerprint density at radius 1 is 1.00 bits per heavy atom. The average molecular weight is 499 g/mol. The third-order valence-electron chi connectivity index (χ3n) is 7.30. The first-order valence-corrected chi connectivity index (χ1v) is 12.3. The number of hydrogen-bond acceptors (Lipinski definition) is 6. The summed E-state index contributed by atoms with van der Waals surface area (Å²) >= 11 is 0. The highest BCUT2D eigenvalue weighted by atomic mass is 16.5. The molecule has 2 aromatic carbocycles. The number of ether oxygens (including phenoxy) is 2. The number of piperidine rings is 1. The number of hydrogen-bond donors (Lipinski definition) is 0. The summed E-state index contributed by atoms with van der Waals surface area (Å²) in [5.41, 5.74) is 2.11. The number of nitrogens with zero attached hydrogens (tertiary/aromatic N) is 2. The molecular weight excluding hydrogens is 472 g/mol. The van der Waals surface area contributed by atoms with E-state index >= 15 is 0 Å². The second-order valence-corrected chi connectivity index (χ2v) is 9.64. The molecule has 2 atom stereocenters. The van der Waals surface area contributed by atoms with Crippen LogP contribution in [-0.2, 0) is 11.3 Å². The maximum Gasteiger partial charge on any atom is 0.344 e. The molecule has 2 aromatic heterocycles. The highest BCUT2D eigenvalue weighted by Crippen LogP contribution is 2.35. The summed E-state index contributed by atoms with van der Waals surface area (Å²) in [5.74, 6) is 1.40. The fraction of sp³-hybridized carbons (Fsp3) is 0.276. The predicted octanol–water partition coefficient (Wildman–Crippen LogP) is 3.66. The molecule has 2 bridgehead atoms. The van der Waals surface area contributed by atoms with E-state index in [0.717, 1.165) is 17.5 Å². The van der Waals surface area contributed by atoms with Crippen LogP contribution in [0, 0.1) is 5.92 Å². The number of likely N-dealkylation sites (tertiary alicyclic amines) is 1. The Bertz CT molecular complexity index is 1600. The second kappa shape index (κ2) is 9.28. The van der Waals surface area contributed by atoms with Gasteiger partial charge in [0.05, 0.1) is 12.7 Å². The van der Waals surface area contributed by atoms with Crippen molar-refractivity contribution in [2.45, 2.75) is 18.9 Å². The van der Waals surface area contributed by atoms with Crippen molar-refractivity contribution in [1.82, 2.24) is 9.47 Å². The number of methoxy groups -OCH3 is 1. The van der Waals surface area contributed by atoms with Crippen LogP contribution in [0.5, 0.6) is 11.5 Å². The summed E-state index contributed by atoms with van der Waals surface area (Å²) in [5, 5.41) is 0.763. The predicted molar refractivity (Wildman–Crippen MR) is 138 cm³/mol. The van der Waals surface area contributed by atoms with Gasteiger partial charge in [-0.25, -0.2) is 4.79 Å². The van der Waals surface area contributed by atoms with Crippen LogP contribution in [0.3, 0.4) is 0 Å². The lowest BCUT2D eigenvalue weighted by atomic mass is 9.83. The van der Waals surface area contributed by atoms with Gasteiger partial charge in [-0.2, -0.15) is 0 Å². The molecule has 0 N–H and O–H groups in total. The minimum absolute atomic E-state index is 0.0277. The molecule has 1 fully saturated rings. The summed E-state index contributed by atoms with van der Waals surface area (Å²) in [6, 6.07) is 19.6. The topological polar surface area (TPSA) is 91.0 Å². The monoisotopic (exact) mass is 498 g/mol. The van der Waals surface area contributed by atoms with E-state index in [4.69, 9.17) is 13.9 Å². The Morgan fingerprint density at radius 2 is 1.81 bits per heavy atom. The van der Waals surface area contributed by atoms with Gasteiger partial charge in [-0.1, -0.05) is 30.3 Å². The van der Waals surface area contributed by atoms with Gasteiger partial charge in [0.1, 0.15) is 5.75 Å². The lowest BCUT2D eigenvalue weighted by Gasteiger charge is -2.42. The summed E-state index contributed by atoms with van der Waals surface area (Å²) in [6.45, 7) is 1.79. The number of carbonyl (C=O) groups excluding carboxylic acids is 1. The summed E-state index contributed by atoms with van der Waals surface area (Å²) < 4.78 is 18.4. The van der Waals surface area contributed by atoms with Crippen molar-refractivity contribution in [3.05, 3.63) is 93.2 Å². The molecule has 37 heavy (non-hydrogen) atoms. The zero-order chi connectivity index (χ0) is 25.5. The molecule has 6 rings (SSSR count). The summed E-state index contributed by atoms with van der Waals surface area (Å²) in [7, 11) is 1.53. The van der Waals surface area contributed by atoms with Crippen LogP contribution in [0.15, 0.2) is 80.7 Å². The van der Waals surface area contributed by atoms with Crippen LogP contribution >= 0.6 is 0 Å². The molecule has 2 aliphatic rings. The molecule has 0 spiro atoms. The van der Waals surface area contributed by atoms with Gasteiger partial charge < -0.3 is 23.4 Å². The van der Waals surface area contributed by atoms with Gasteiger partial charge in [-0.3, -0.25) is 9.59 Å². The number of pyridine rings is 1. The zero-order valence-corrected chi connectivity index (χ0v) is 20.4. The van der Waals surface area contributed by atoms with Crippen LogP contribution in [-0.4, -0.2) is 42.2 Å². The number of amides is 1. The SMILES string of the molecule is COc1cccc2cc(-c3ccc(OCC(=O)N4C[C@@H]5C[C@H](C4)c4cccc(=O)n4C5)cc3)c(=O)oc12. The number of rotatable bonds is 5. The zero-order valence-electron chi connectivity index (χ0n) is 20.4. The second-order valence-electron chi connectivity index (χ2n) is 9.64. The van der Waals surface area contributed by atoms with Crippen molar-refractivity contribution in [2.24, 2.45) is 5.92 Å². The Morgan fingerprint density at radius 3 is 2.62 bits per heavy atom. The van der Waals surface area contributed by atoms with E-state index in [-0.39, 0.29) is 29.9 Å². The molecule has 0 saturated carbocycles. The summed E-state index contributed by atoms with van der Waals surface area (Å²) in [6.07, 6.45) is 0.991. The minimum Gasteiger partial charge on any atom is -0.493 e. The Hall–Kier alpha value is -4.33. The van der Waals surface area contributed by atoms with Crippen molar-refractivity contribution < 1.29 is 18.7 Å². The third-order valence-corrected chi connectivity index (χ3v) is 7.30. The first-order chi connectivity index (χ1) is 18.0. The first kappa shape index (κ1) is 23.1. The number of carbonyl (C=O) groups is 1. The smallest absolute Gasteiger partial charge is 0.344 e. The lowest BCUT2D eigenvalue weighted by Crippen LogP contribution is -2.50. The van der Waals surface area contributed by atoms with Gasteiger partial charge in [0.25, 0.3) is 11.5 Å². The molecule has 8 nitrogen and oxygen atoms in total. The number of benzene rings is 2. The average Bonchev–Trinajstić information content (AvgIpc) is 2.92. The maximum absolute atomic E-state index is 13.0. The van der Waals surface area contributed by atoms with E-state index in [1.165, 1.54) is 7.11 Å². The van der Waals surface area contributed by atoms with Crippen molar-refractivity contribution in [3.63, 3.8) is 0 Å². The standard InChI is InChI=1S/C29H26N2O6/c1-35-25-6-2-4-20-13-23(29(34)37-28(20)25)19-8-10-22(11-9-19)36-17-27(33)30-14-18-12-21(16-30)24-5-3-7-26(32)31(24)15-18/h2-11,13,18,21H,12,14-17H2,1H3/t18-,21+/m0/s1. The molecule has 188 valence electrons. The number of fused-ring (bicyclic) bond motifs is 5. The Kier molecular flexibility index (Phi) is 5.79. The molecule has 0 radical (unpaired) electrons. The highest BCUT2D eigenvalue weighted by molar-refractivity contribution is 5.86. The molecule has 1 amide bonds. The van der Waals surface area contributed by atoms with Crippen molar-refractivity contribution in [2.75, 3.05) is 26.8 Å². The van der Waals surface area contributed by atoms with E-state index in [1.54, 1.807) is 48.5 Å². The van der Waals surface area contributed by atoms with E-state index < -0.39 is 5.63 Å². The molecule has 8 heteroatoms. The fourth-order valence-corrected chi connectivity index (χ4v) is 5.55. The van der Waals surface area contributed by atoms with Crippen LogP contribution in [0.25, 0.3) is 22.1 Å². The van der Waals surface area contributed by atoms with Crippen LogP contribution < -0.4 is 20.7 Å². The minimum atomic E-state index is -0.458. The maximum atomic E-state index is 13.0. The summed E-state index contributed by atoms with van der Waals surface area (Å²) in [4.78, 5) is 39.7. The van der Waals surface area contributed by atoms with Gasteiger partial charge >= 0.3 is 5.63 Å². The van der Waals surface area contributed by atoms with Gasteiger partial charge in [-0.05, 0) is 48.2 Å². The van der Waals surface area contributed by atoms with Gasteiger partial charge in [0, 0.05) is 42.7 Å².